The minimum atomic E-state index is -0.200. The molecule has 2 aromatic carbocycles. The van der Waals surface area contributed by atoms with Crippen molar-refractivity contribution in [1.82, 2.24) is 10.2 Å². The van der Waals surface area contributed by atoms with Gasteiger partial charge in [-0.2, -0.15) is 0 Å². The van der Waals surface area contributed by atoms with Crippen LogP contribution in [0.3, 0.4) is 0 Å². The van der Waals surface area contributed by atoms with Gasteiger partial charge < -0.3 is 15.5 Å². The Labute approximate surface area is 166 Å². The fourth-order valence-electron chi connectivity index (χ4n) is 3.78. The summed E-state index contributed by atoms with van der Waals surface area (Å²) in [6.07, 6.45) is 5.24. The van der Waals surface area contributed by atoms with Crippen molar-refractivity contribution in [2.24, 2.45) is 5.92 Å². The van der Waals surface area contributed by atoms with Gasteiger partial charge in [0.1, 0.15) is 0 Å². The minimum absolute atomic E-state index is 0.0458. The molecule has 1 saturated carbocycles. The van der Waals surface area contributed by atoms with E-state index in [-0.39, 0.29) is 11.9 Å². The second-order valence-corrected chi connectivity index (χ2v) is 7.88. The SMILES string of the molecule is O=C(Nc1cccc(C(=O)N2CCC(Cc3ccccc3)CC2)c1)NC1CC1. The van der Waals surface area contributed by atoms with Gasteiger partial charge in [-0.3, -0.25) is 4.79 Å². The van der Waals surface area contributed by atoms with Crippen LogP contribution >= 0.6 is 0 Å². The number of piperidine rings is 1. The summed E-state index contributed by atoms with van der Waals surface area (Å²) >= 11 is 0. The zero-order chi connectivity index (χ0) is 19.3. The number of nitrogens with one attached hydrogen (secondary N) is 2. The van der Waals surface area contributed by atoms with Gasteiger partial charge in [0.15, 0.2) is 0 Å². The van der Waals surface area contributed by atoms with E-state index < -0.39 is 0 Å². The third-order valence-electron chi connectivity index (χ3n) is 5.55. The van der Waals surface area contributed by atoms with Crippen LogP contribution in [0, 0.1) is 5.92 Å². The van der Waals surface area contributed by atoms with Gasteiger partial charge in [-0.15, -0.1) is 0 Å². The topological polar surface area (TPSA) is 61.4 Å². The van der Waals surface area contributed by atoms with Crippen LogP contribution in [0.25, 0.3) is 0 Å². The summed E-state index contributed by atoms with van der Waals surface area (Å²) in [4.78, 5) is 26.7. The number of nitrogens with zero attached hydrogens (tertiary/aromatic N) is 1. The highest BCUT2D eigenvalue weighted by atomic mass is 16.2. The summed E-state index contributed by atoms with van der Waals surface area (Å²) in [5.74, 6) is 0.676. The first-order valence-electron chi connectivity index (χ1n) is 10.2. The maximum atomic E-state index is 12.9. The summed E-state index contributed by atoms with van der Waals surface area (Å²) in [6.45, 7) is 1.58. The molecular weight excluding hydrogens is 350 g/mol. The van der Waals surface area contributed by atoms with Crippen LogP contribution in [0.5, 0.6) is 0 Å². The van der Waals surface area contributed by atoms with E-state index in [1.54, 1.807) is 6.07 Å². The van der Waals surface area contributed by atoms with Crippen LogP contribution < -0.4 is 10.6 Å². The summed E-state index contributed by atoms with van der Waals surface area (Å²) in [6, 6.07) is 17.9. The van der Waals surface area contributed by atoms with Crippen molar-refractivity contribution in [1.29, 1.82) is 0 Å². The van der Waals surface area contributed by atoms with Gasteiger partial charge in [0.2, 0.25) is 0 Å². The average molecular weight is 377 g/mol. The molecule has 0 unspecified atom stereocenters. The molecule has 5 nitrogen and oxygen atoms in total. The van der Waals surface area contributed by atoms with E-state index in [1.165, 1.54) is 5.56 Å². The van der Waals surface area contributed by atoms with E-state index >= 15 is 0 Å². The van der Waals surface area contributed by atoms with Crippen LogP contribution in [0.4, 0.5) is 10.5 Å². The first-order chi connectivity index (χ1) is 13.7. The van der Waals surface area contributed by atoms with Gasteiger partial charge >= 0.3 is 6.03 Å². The maximum Gasteiger partial charge on any atom is 0.319 e. The highest BCUT2D eigenvalue weighted by molar-refractivity contribution is 5.97. The van der Waals surface area contributed by atoms with Crippen molar-refractivity contribution in [2.75, 3.05) is 18.4 Å². The number of anilines is 1. The molecule has 2 aliphatic rings. The lowest BCUT2D eigenvalue weighted by atomic mass is 9.90. The molecule has 2 N–H and O–H groups in total. The lowest BCUT2D eigenvalue weighted by Crippen LogP contribution is -2.39. The largest absolute Gasteiger partial charge is 0.339 e. The van der Waals surface area contributed by atoms with Gasteiger partial charge in [-0.25, -0.2) is 4.79 Å². The second kappa shape index (κ2) is 8.46. The third kappa shape index (κ3) is 4.91. The number of hydrogen-bond acceptors (Lipinski definition) is 2. The Morgan fingerprint density at radius 1 is 0.929 bits per heavy atom. The van der Waals surface area contributed by atoms with Crippen molar-refractivity contribution in [2.45, 2.75) is 38.1 Å². The first kappa shape index (κ1) is 18.5. The number of hydrogen-bond donors (Lipinski definition) is 2. The monoisotopic (exact) mass is 377 g/mol. The van der Waals surface area contributed by atoms with Crippen LogP contribution in [0.1, 0.15) is 41.6 Å². The molecule has 2 aromatic rings. The molecule has 146 valence electrons. The second-order valence-electron chi connectivity index (χ2n) is 7.88. The van der Waals surface area contributed by atoms with Crippen LogP contribution in [-0.4, -0.2) is 36.0 Å². The molecule has 0 aromatic heterocycles. The Balaban J connectivity index is 1.31. The number of rotatable bonds is 5. The van der Waals surface area contributed by atoms with Crippen molar-refractivity contribution < 1.29 is 9.59 Å². The third-order valence-corrected chi connectivity index (χ3v) is 5.55. The van der Waals surface area contributed by atoms with E-state index in [9.17, 15) is 9.59 Å². The summed E-state index contributed by atoms with van der Waals surface area (Å²) in [5.41, 5.74) is 2.66. The number of amides is 3. The molecule has 1 aliphatic heterocycles. The Hall–Kier alpha value is -2.82. The molecule has 0 spiro atoms. The number of carbonyl (C=O) groups excluding carboxylic acids is 2. The smallest absolute Gasteiger partial charge is 0.319 e. The van der Waals surface area contributed by atoms with Crippen LogP contribution in [-0.2, 0) is 6.42 Å². The van der Waals surface area contributed by atoms with Crippen molar-refractivity contribution in [3.05, 3.63) is 65.7 Å². The molecule has 3 amide bonds. The molecule has 5 heteroatoms. The van der Waals surface area contributed by atoms with Gasteiger partial charge in [0, 0.05) is 30.4 Å². The molecule has 1 heterocycles. The Morgan fingerprint density at radius 2 is 1.68 bits per heavy atom. The standard InChI is InChI=1S/C23H27N3O2/c27-22(19-7-4-8-21(16-19)25-23(28)24-20-9-10-20)26-13-11-18(12-14-26)15-17-5-2-1-3-6-17/h1-8,16,18,20H,9-15H2,(H2,24,25,28). The highest BCUT2D eigenvalue weighted by Crippen LogP contribution is 2.24. The molecule has 1 saturated heterocycles. The molecule has 0 bridgehead atoms. The van der Waals surface area contributed by atoms with Crippen molar-refractivity contribution in [3.8, 4) is 0 Å². The molecule has 0 atom stereocenters. The fraction of sp³-hybridized carbons (Fsp3) is 0.391. The van der Waals surface area contributed by atoms with Crippen LogP contribution in [0.15, 0.2) is 54.6 Å². The van der Waals surface area contributed by atoms with Crippen molar-refractivity contribution >= 4 is 17.6 Å². The quantitative estimate of drug-likeness (QED) is 0.825. The first-order valence-corrected chi connectivity index (χ1v) is 10.2. The number of likely N-dealkylation sites (tertiary alicyclic amines) is 1. The van der Waals surface area contributed by atoms with Gasteiger partial charge in [-0.05, 0) is 61.8 Å². The molecule has 2 fully saturated rings. The van der Waals surface area contributed by atoms with Gasteiger partial charge in [-0.1, -0.05) is 36.4 Å². The van der Waals surface area contributed by atoms with Crippen LogP contribution in [0.2, 0.25) is 0 Å². The summed E-state index contributed by atoms with van der Waals surface area (Å²) in [5, 5.41) is 5.72. The molecule has 28 heavy (non-hydrogen) atoms. The Kier molecular flexibility index (Phi) is 5.60. The van der Waals surface area contributed by atoms with Gasteiger partial charge in [0.05, 0.1) is 0 Å². The normalized spacial score (nSPS) is 17.2. The maximum absolute atomic E-state index is 12.9. The lowest BCUT2D eigenvalue weighted by molar-refractivity contribution is 0.0690. The number of benzene rings is 2. The van der Waals surface area contributed by atoms with E-state index in [0.29, 0.717) is 23.2 Å². The summed E-state index contributed by atoms with van der Waals surface area (Å²) in [7, 11) is 0. The molecule has 4 rings (SSSR count). The van der Waals surface area contributed by atoms with E-state index in [4.69, 9.17) is 0 Å². The van der Waals surface area contributed by atoms with Gasteiger partial charge in [0.25, 0.3) is 5.91 Å². The van der Waals surface area contributed by atoms with Crippen molar-refractivity contribution in [3.63, 3.8) is 0 Å². The number of carbonyl (C=O) groups is 2. The van der Waals surface area contributed by atoms with E-state index in [0.717, 1.165) is 45.2 Å². The lowest BCUT2D eigenvalue weighted by Gasteiger charge is -2.32. The number of urea groups is 1. The molecule has 0 radical (unpaired) electrons. The molecular formula is C23H27N3O2. The predicted octanol–water partition coefficient (Wildman–Crippen LogP) is 4.07. The zero-order valence-electron chi connectivity index (χ0n) is 16.1. The Morgan fingerprint density at radius 3 is 2.39 bits per heavy atom. The summed E-state index contributed by atoms with van der Waals surface area (Å²) < 4.78 is 0. The minimum Gasteiger partial charge on any atom is -0.339 e. The highest BCUT2D eigenvalue weighted by Gasteiger charge is 2.25. The Bertz CT molecular complexity index is 825. The molecule has 1 aliphatic carbocycles. The zero-order valence-corrected chi connectivity index (χ0v) is 16.1. The average Bonchev–Trinajstić information content (AvgIpc) is 3.53. The predicted molar refractivity (Wildman–Crippen MR) is 110 cm³/mol. The fourth-order valence-corrected chi connectivity index (χ4v) is 3.78. The van der Waals surface area contributed by atoms with E-state index in [2.05, 4.69) is 34.9 Å². The van der Waals surface area contributed by atoms with E-state index in [1.807, 2.05) is 29.2 Å².